The van der Waals surface area contributed by atoms with Crippen LogP contribution >= 0.6 is 24.4 Å². The van der Waals surface area contributed by atoms with Gasteiger partial charge < -0.3 is 8.83 Å². The maximum Gasteiger partial charge on any atom is 0.351 e. The third-order valence-corrected chi connectivity index (χ3v) is 3.93. The monoisotopic (exact) mass is 389 g/mol. The summed E-state index contributed by atoms with van der Waals surface area (Å²) < 4.78 is 13.2. The van der Waals surface area contributed by atoms with Crippen molar-refractivity contribution >= 4 is 24.4 Å². The van der Waals surface area contributed by atoms with Gasteiger partial charge in [-0.25, -0.2) is 24.2 Å². The Kier molecular flexibility index (Phi) is 3.97. The van der Waals surface area contributed by atoms with Gasteiger partial charge in [0.1, 0.15) is 12.4 Å². The Bertz CT molecular complexity index is 1240. The first kappa shape index (κ1) is 16.4. The number of benzene rings is 1. The minimum atomic E-state index is -0.323. The lowest BCUT2D eigenvalue weighted by molar-refractivity contribution is 0.449. The van der Waals surface area contributed by atoms with Crippen molar-refractivity contribution in [3.63, 3.8) is 0 Å². The van der Waals surface area contributed by atoms with Crippen LogP contribution in [0.5, 0.6) is 0 Å². The van der Waals surface area contributed by atoms with Crippen LogP contribution in [0, 0.1) is 16.6 Å². The summed E-state index contributed by atoms with van der Waals surface area (Å²) in [5.41, 5.74) is 1.06. The van der Waals surface area contributed by atoms with Crippen molar-refractivity contribution in [1.29, 1.82) is 0 Å². The predicted molar refractivity (Wildman–Crippen MR) is 94.0 cm³/mol. The van der Waals surface area contributed by atoms with Gasteiger partial charge in [-0.3, -0.25) is 0 Å². The van der Waals surface area contributed by atoms with E-state index in [4.69, 9.17) is 33.3 Å². The zero-order valence-corrected chi connectivity index (χ0v) is 14.9. The second-order valence-corrected chi connectivity index (χ2v) is 6.04. The molecule has 0 saturated heterocycles. The number of hydrogen-bond donors (Lipinski definition) is 2. The van der Waals surface area contributed by atoms with E-state index in [2.05, 4.69) is 25.5 Å². The van der Waals surface area contributed by atoms with Gasteiger partial charge in [0.05, 0.1) is 5.69 Å². The first-order chi connectivity index (χ1) is 12.5. The van der Waals surface area contributed by atoms with Gasteiger partial charge >= 0.3 is 5.69 Å². The van der Waals surface area contributed by atoms with Crippen molar-refractivity contribution in [2.45, 2.75) is 13.5 Å². The Balaban J connectivity index is 1.68. The number of nitrogens with one attached hydrogen (secondary N) is 2. The molecule has 0 aliphatic carbocycles. The van der Waals surface area contributed by atoms with Crippen LogP contribution in [-0.2, 0) is 6.54 Å². The van der Waals surface area contributed by atoms with Crippen molar-refractivity contribution in [3.8, 4) is 17.1 Å². The molecule has 12 heteroatoms. The van der Waals surface area contributed by atoms with Crippen LogP contribution in [-0.4, -0.2) is 34.7 Å². The average Bonchev–Trinajstić information content (AvgIpc) is 3.29. The van der Waals surface area contributed by atoms with E-state index in [0.29, 0.717) is 17.4 Å². The minimum Gasteiger partial charge on any atom is -0.412 e. The van der Waals surface area contributed by atoms with Crippen LogP contribution in [0.2, 0.25) is 0 Å². The van der Waals surface area contributed by atoms with Crippen molar-refractivity contribution in [3.05, 3.63) is 56.1 Å². The number of rotatable bonds is 4. The second-order valence-electron chi connectivity index (χ2n) is 5.29. The molecule has 0 aliphatic rings. The fraction of sp³-hybridized carbons (Fsp3) is 0.143. The number of aromatic amines is 2. The molecule has 26 heavy (non-hydrogen) atoms. The maximum atomic E-state index is 12.7. The number of H-pyrrole nitrogens is 2. The van der Waals surface area contributed by atoms with Crippen LogP contribution in [0.1, 0.15) is 11.7 Å². The van der Waals surface area contributed by atoms with E-state index in [1.165, 1.54) is 9.25 Å². The van der Waals surface area contributed by atoms with Gasteiger partial charge in [0.15, 0.2) is 0 Å². The van der Waals surface area contributed by atoms with E-state index in [0.717, 1.165) is 5.56 Å². The summed E-state index contributed by atoms with van der Waals surface area (Å²) in [7, 11) is 0. The Morgan fingerprint density at radius 3 is 2.38 bits per heavy atom. The second kappa shape index (κ2) is 6.31. The van der Waals surface area contributed by atoms with Gasteiger partial charge in [0.25, 0.3) is 9.67 Å². The van der Waals surface area contributed by atoms with E-state index in [9.17, 15) is 4.79 Å². The normalized spacial score (nSPS) is 11.1. The molecule has 3 aromatic heterocycles. The lowest BCUT2D eigenvalue weighted by atomic mass is 10.2. The van der Waals surface area contributed by atoms with Crippen LogP contribution in [0.15, 0.2) is 37.9 Å². The molecule has 1 aromatic carbocycles. The Labute approximate surface area is 155 Å². The van der Waals surface area contributed by atoms with Crippen LogP contribution in [0.25, 0.3) is 17.1 Å². The summed E-state index contributed by atoms with van der Waals surface area (Å²) in [5, 5.41) is 17.2. The molecule has 3 heterocycles. The fourth-order valence-electron chi connectivity index (χ4n) is 2.48. The van der Waals surface area contributed by atoms with E-state index >= 15 is 0 Å². The molecule has 0 unspecified atom stereocenters. The van der Waals surface area contributed by atoms with Crippen molar-refractivity contribution in [1.82, 2.24) is 34.7 Å². The van der Waals surface area contributed by atoms with E-state index in [-0.39, 0.29) is 27.8 Å². The topological polar surface area (TPSA) is 123 Å². The molecule has 2 N–H and O–H groups in total. The molecule has 4 rings (SSSR count). The quantitative estimate of drug-likeness (QED) is 0.509. The molecule has 10 nitrogen and oxygen atoms in total. The number of hydrogen-bond acceptors (Lipinski definition) is 8. The molecule has 4 aromatic rings. The first-order valence-electron chi connectivity index (χ1n) is 7.38. The van der Waals surface area contributed by atoms with Crippen LogP contribution < -0.4 is 5.69 Å². The highest BCUT2D eigenvalue weighted by atomic mass is 32.1. The lowest BCUT2D eigenvalue weighted by Crippen LogP contribution is -2.24. The van der Waals surface area contributed by atoms with Crippen molar-refractivity contribution < 1.29 is 8.83 Å². The third kappa shape index (κ3) is 2.95. The number of aryl methyl sites for hydroxylation is 1. The number of nitrogens with zero attached hydrogens (tertiary/aromatic N) is 5. The molecule has 0 atom stereocenters. The molecule has 0 radical (unpaired) electrons. The summed E-state index contributed by atoms with van der Waals surface area (Å²) in [6, 6.07) is 7.09. The first-order valence-corrected chi connectivity index (χ1v) is 8.20. The molecule has 0 amide bonds. The van der Waals surface area contributed by atoms with Gasteiger partial charge in [-0.15, -0.1) is 10.2 Å². The summed E-state index contributed by atoms with van der Waals surface area (Å²) in [6.45, 7) is 1.81. The van der Waals surface area contributed by atoms with E-state index in [1.54, 1.807) is 31.2 Å². The highest BCUT2D eigenvalue weighted by molar-refractivity contribution is 7.71. The average molecular weight is 389 g/mol. The summed E-state index contributed by atoms with van der Waals surface area (Å²) in [5.74, 6) is 1.17. The van der Waals surface area contributed by atoms with Crippen LogP contribution in [0.4, 0.5) is 0 Å². The van der Waals surface area contributed by atoms with Gasteiger partial charge in [-0.1, -0.05) is 0 Å². The lowest BCUT2D eigenvalue weighted by Gasteiger charge is -2.03. The third-order valence-electron chi connectivity index (χ3n) is 3.58. The molecule has 0 bridgehead atoms. The largest absolute Gasteiger partial charge is 0.412 e. The van der Waals surface area contributed by atoms with Gasteiger partial charge in [0.2, 0.25) is 11.8 Å². The molecule has 0 aliphatic heterocycles. The zero-order chi connectivity index (χ0) is 18.3. The summed E-state index contributed by atoms with van der Waals surface area (Å²) in [6.07, 6.45) is 0. The standard InChI is InChI=1S/C14H11N7O3S2/c1-7-19-20(6-10-15-17-12(25)23-10)14(22)21(7)9-4-2-8(3-5-9)11-16-18-13(26)24-11/h2-5H,6H2,1H3,(H,17,25)(H,18,26). The van der Waals surface area contributed by atoms with Crippen LogP contribution in [0.3, 0.4) is 0 Å². The van der Waals surface area contributed by atoms with E-state index < -0.39 is 0 Å². The Morgan fingerprint density at radius 1 is 1.08 bits per heavy atom. The molecule has 0 saturated carbocycles. The zero-order valence-electron chi connectivity index (χ0n) is 13.3. The highest BCUT2D eigenvalue weighted by Gasteiger charge is 2.14. The highest BCUT2D eigenvalue weighted by Crippen LogP contribution is 2.19. The minimum absolute atomic E-state index is 0.0751. The molecule has 0 fully saturated rings. The van der Waals surface area contributed by atoms with Gasteiger partial charge in [0, 0.05) is 5.56 Å². The van der Waals surface area contributed by atoms with Crippen molar-refractivity contribution in [2.24, 2.45) is 0 Å². The summed E-state index contributed by atoms with van der Waals surface area (Å²) in [4.78, 5) is 13.0. The van der Waals surface area contributed by atoms with E-state index in [1.807, 2.05) is 0 Å². The Hall–Kier alpha value is -3.12. The smallest absolute Gasteiger partial charge is 0.351 e. The number of aromatic nitrogens is 7. The molecular formula is C14H11N7O3S2. The maximum absolute atomic E-state index is 12.7. The molecule has 132 valence electrons. The van der Waals surface area contributed by atoms with Gasteiger partial charge in [-0.2, -0.15) is 5.10 Å². The predicted octanol–water partition coefficient (Wildman–Crippen LogP) is 2.15. The van der Waals surface area contributed by atoms with Crippen molar-refractivity contribution in [2.75, 3.05) is 0 Å². The van der Waals surface area contributed by atoms with Gasteiger partial charge in [-0.05, 0) is 55.6 Å². The molecular weight excluding hydrogens is 378 g/mol. The SMILES string of the molecule is Cc1nn(Cc2n[nH]c(=S)o2)c(=O)n1-c1ccc(-c2n[nH]c(=S)o2)cc1. The molecule has 0 spiro atoms. The Morgan fingerprint density at radius 2 is 1.77 bits per heavy atom. The summed E-state index contributed by atoms with van der Waals surface area (Å²) >= 11 is 9.69. The fourth-order valence-corrected chi connectivity index (χ4v) is 2.75.